The Morgan fingerprint density at radius 3 is 2.83 bits per heavy atom. The SMILES string of the molecule is C=CC=N/C=C\CCN(C)CC. The fourth-order valence-corrected chi connectivity index (χ4v) is 0.699. The van der Waals surface area contributed by atoms with Gasteiger partial charge in [0, 0.05) is 19.0 Å². The zero-order chi connectivity index (χ0) is 9.23. The summed E-state index contributed by atoms with van der Waals surface area (Å²) in [5.74, 6) is 0. The van der Waals surface area contributed by atoms with Gasteiger partial charge in [-0.2, -0.15) is 0 Å². The van der Waals surface area contributed by atoms with Gasteiger partial charge in [0.15, 0.2) is 0 Å². The maximum Gasteiger partial charge on any atom is 0.0261 e. The average Bonchev–Trinajstić information content (AvgIpc) is 2.10. The molecule has 0 bridgehead atoms. The van der Waals surface area contributed by atoms with Crippen molar-refractivity contribution in [2.24, 2.45) is 4.99 Å². The van der Waals surface area contributed by atoms with Crippen LogP contribution in [0.3, 0.4) is 0 Å². The Morgan fingerprint density at radius 1 is 1.50 bits per heavy atom. The van der Waals surface area contributed by atoms with Crippen molar-refractivity contribution in [3.8, 4) is 0 Å². The minimum atomic E-state index is 1.05. The van der Waals surface area contributed by atoms with E-state index in [1.54, 1.807) is 12.3 Å². The summed E-state index contributed by atoms with van der Waals surface area (Å²) in [6.07, 6.45) is 8.28. The first kappa shape index (κ1) is 11.1. The smallest absolute Gasteiger partial charge is 0.0261 e. The van der Waals surface area contributed by atoms with Crippen LogP contribution in [0.1, 0.15) is 13.3 Å². The van der Waals surface area contributed by atoms with Crippen LogP contribution < -0.4 is 0 Å². The van der Waals surface area contributed by atoms with Crippen molar-refractivity contribution in [1.29, 1.82) is 0 Å². The lowest BCUT2D eigenvalue weighted by atomic mass is 10.4. The fraction of sp³-hybridized carbons (Fsp3) is 0.500. The van der Waals surface area contributed by atoms with Crippen molar-refractivity contribution in [2.45, 2.75) is 13.3 Å². The van der Waals surface area contributed by atoms with Crippen molar-refractivity contribution in [3.63, 3.8) is 0 Å². The lowest BCUT2D eigenvalue weighted by Gasteiger charge is -2.10. The van der Waals surface area contributed by atoms with Crippen LogP contribution in [-0.2, 0) is 0 Å². The molecule has 0 amide bonds. The van der Waals surface area contributed by atoms with Gasteiger partial charge in [-0.25, -0.2) is 0 Å². The van der Waals surface area contributed by atoms with E-state index < -0.39 is 0 Å². The van der Waals surface area contributed by atoms with Crippen LogP contribution in [0, 0.1) is 0 Å². The van der Waals surface area contributed by atoms with Crippen LogP contribution in [0.25, 0.3) is 0 Å². The Hall–Kier alpha value is -0.890. The lowest BCUT2D eigenvalue weighted by molar-refractivity contribution is 0.360. The van der Waals surface area contributed by atoms with Crippen LogP contribution in [-0.4, -0.2) is 31.3 Å². The average molecular weight is 166 g/mol. The van der Waals surface area contributed by atoms with Crippen molar-refractivity contribution in [2.75, 3.05) is 20.1 Å². The van der Waals surface area contributed by atoms with Gasteiger partial charge >= 0.3 is 0 Å². The second-order valence-corrected chi connectivity index (χ2v) is 2.60. The molecule has 2 nitrogen and oxygen atoms in total. The third-order valence-corrected chi connectivity index (χ3v) is 1.60. The van der Waals surface area contributed by atoms with Crippen molar-refractivity contribution in [3.05, 3.63) is 24.9 Å². The molecule has 0 aliphatic heterocycles. The van der Waals surface area contributed by atoms with Crippen LogP contribution in [0.4, 0.5) is 0 Å². The quantitative estimate of drug-likeness (QED) is 0.552. The predicted molar refractivity (Wildman–Crippen MR) is 55.6 cm³/mol. The lowest BCUT2D eigenvalue weighted by Crippen LogP contribution is -2.17. The predicted octanol–water partition coefficient (Wildman–Crippen LogP) is 2.10. The van der Waals surface area contributed by atoms with Gasteiger partial charge in [0.05, 0.1) is 0 Å². The summed E-state index contributed by atoms with van der Waals surface area (Å²) < 4.78 is 0. The molecule has 0 spiro atoms. The second-order valence-electron chi connectivity index (χ2n) is 2.60. The van der Waals surface area contributed by atoms with Gasteiger partial charge in [-0.15, -0.1) is 0 Å². The standard InChI is InChI=1S/C10H18N2/c1-4-8-11-9-6-7-10-12(3)5-2/h4,6,8-9H,1,5,7,10H2,2-3H3/b9-6-,11-8?. The highest BCUT2D eigenvalue weighted by molar-refractivity contribution is 5.70. The highest BCUT2D eigenvalue weighted by Gasteiger charge is 1.88. The molecular weight excluding hydrogens is 148 g/mol. The van der Waals surface area contributed by atoms with E-state index in [0.29, 0.717) is 0 Å². The summed E-state index contributed by atoms with van der Waals surface area (Å²) in [7, 11) is 2.11. The number of aliphatic imine (C=N–C) groups is 1. The summed E-state index contributed by atoms with van der Waals surface area (Å²) in [6, 6.07) is 0. The normalized spacial score (nSPS) is 11.9. The Kier molecular flexibility index (Phi) is 7.60. The van der Waals surface area contributed by atoms with Crippen LogP contribution in [0.15, 0.2) is 29.9 Å². The highest BCUT2D eigenvalue weighted by Crippen LogP contribution is 1.88. The summed E-state index contributed by atoms with van der Waals surface area (Å²) in [5, 5.41) is 0. The molecule has 0 aliphatic rings. The molecule has 0 aromatic carbocycles. The van der Waals surface area contributed by atoms with Gasteiger partial charge in [-0.1, -0.05) is 25.7 Å². The molecule has 0 unspecified atom stereocenters. The van der Waals surface area contributed by atoms with Gasteiger partial charge in [0.25, 0.3) is 0 Å². The molecular formula is C10H18N2. The van der Waals surface area contributed by atoms with E-state index >= 15 is 0 Å². The monoisotopic (exact) mass is 166 g/mol. The van der Waals surface area contributed by atoms with E-state index in [1.807, 2.05) is 6.20 Å². The van der Waals surface area contributed by atoms with E-state index in [4.69, 9.17) is 0 Å². The van der Waals surface area contributed by atoms with Crippen molar-refractivity contribution >= 4 is 6.21 Å². The zero-order valence-corrected chi connectivity index (χ0v) is 8.03. The van der Waals surface area contributed by atoms with Crippen LogP contribution in [0.5, 0.6) is 0 Å². The Morgan fingerprint density at radius 2 is 2.25 bits per heavy atom. The molecule has 0 saturated carbocycles. The number of allylic oxidation sites excluding steroid dienone is 1. The Balaban J connectivity index is 3.35. The van der Waals surface area contributed by atoms with E-state index in [2.05, 4.69) is 36.5 Å². The number of nitrogens with zero attached hydrogens (tertiary/aromatic N) is 2. The second kappa shape index (κ2) is 8.21. The van der Waals surface area contributed by atoms with Crippen LogP contribution in [0.2, 0.25) is 0 Å². The molecule has 68 valence electrons. The summed E-state index contributed by atoms with van der Waals surface area (Å²) in [5.41, 5.74) is 0. The Bertz CT molecular complexity index is 159. The minimum Gasteiger partial charge on any atom is -0.306 e. The minimum absolute atomic E-state index is 1.05. The maximum atomic E-state index is 3.97. The molecule has 0 heterocycles. The van der Waals surface area contributed by atoms with Crippen LogP contribution >= 0.6 is 0 Å². The van der Waals surface area contributed by atoms with Gasteiger partial charge in [0.1, 0.15) is 0 Å². The molecule has 2 heteroatoms. The molecule has 0 rings (SSSR count). The van der Waals surface area contributed by atoms with Gasteiger partial charge in [-0.05, 0) is 20.0 Å². The zero-order valence-electron chi connectivity index (χ0n) is 8.03. The van der Waals surface area contributed by atoms with E-state index in [1.165, 1.54) is 0 Å². The largest absolute Gasteiger partial charge is 0.306 e. The van der Waals surface area contributed by atoms with Crippen molar-refractivity contribution < 1.29 is 0 Å². The molecule has 0 aromatic heterocycles. The molecule has 0 fully saturated rings. The van der Waals surface area contributed by atoms with E-state index in [-0.39, 0.29) is 0 Å². The third kappa shape index (κ3) is 7.22. The summed E-state index contributed by atoms with van der Waals surface area (Å²) in [4.78, 5) is 6.24. The summed E-state index contributed by atoms with van der Waals surface area (Å²) >= 11 is 0. The first-order chi connectivity index (χ1) is 5.81. The van der Waals surface area contributed by atoms with Crippen molar-refractivity contribution in [1.82, 2.24) is 4.90 Å². The van der Waals surface area contributed by atoms with E-state index in [9.17, 15) is 0 Å². The first-order valence-electron chi connectivity index (χ1n) is 4.29. The molecule has 0 N–H and O–H groups in total. The topological polar surface area (TPSA) is 15.6 Å². The fourth-order valence-electron chi connectivity index (χ4n) is 0.699. The molecule has 0 saturated heterocycles. The van der Waals surface area contributed by atoms with Gasteiger partial charge < -0.3 is 4.90 Å². The maximum absolute atomic E-state index is 3.97. The third-order valence-electron chi connectivity index (χ3n) is 1.60. The number of hydrogen-bond donors (Lipinski definition) is 0. The summed E-state index contributed by atoms with van der Waals surface area (Å²) in [6.45, 7) is 7.88. The number of rotatable bonds is 6. The molecule has 0 radical (unpaired) electrons. The highest BCUT2D eigenvalue weighted by atomic mass is 15.1. The molecule has 12 heavy (non-hydrogen) atoms. The number of hydrogen-bond acceptors (Lipinski definition) is 2. The van der Waals surface area contributed by atoms with Gasteiger partial charge in [0.2, 0.25) is 0 Å². The van der Waals surface area contributed by atoms with Gasteiger partial charge in [-0.3, -0.25) is 4.99 Å². The molecule has 0 atom stereocenters. The molecule has 0 aliphatic carbocycles. The first-order valence-corrected chi connectivity index (χ1v) is 4.29. The molecule has 0 aromatic rings. The Labute approximate surface area is 75.3 Å². The van der Waals surface area contributed by atoms with E-state index in [0.717, 1.165) is 19.5 Å².